The Kier molecular flexibility index (Phi) is 10.5. The molecule has 1 aromatic heterocycles. The van der Waals surface area contributed by atoms with E-state index in [1.165, 1.54) is 0 Å². The maximum atomic E-state index is 13.2. The van der Waals surface area contributed by atoms with Crippen LogP contribution in [0.3, 0.4) is 0 Å². The molecule has 0 saturated carbocycles. The molecule has 1 heterocycles. The summed E-state index contributed by atoms with van der Waals surface area (Å²) >= 11 is 0. The minimum absolute atomic E-state index is 0.279. The standard InChI is InChI=1S/C60H43N3O2S/c64-66(65,55-24-14-5-15-25-55)56-38-32-47(33-39-56)45-28-26-44(27-29-45)46-30-34-52(35-31-46)63-59-40-36-53(61(48-16-6-1-7-17-48)49-18-8-2-9-19-49)42-57(59)58-43-54(37-41-60(58)63)62(50-20-10-3-11-21-50)51-22-12-4-13-23-51/h1-43H. The van der Waals surface area contributed by atoms with E-state index in [2.05, 4.69) is 221 Å². The second kappa shape index (κ2) is 17.3. The Hall–Kier alpha value is -8.45. The van der Waals surface area contributed by atoms with E-state index in [4.69, 9.17) is 0 Å². The number of fused-ring (bicyclic) bond motifs is 3. The molecule has 0 N–H and O–H groups in total. The lowest BCUT2D eigenvalue weighted by Crippen LogP contribution is -2.09. The summed E-state index contributed by atoms with van der Waals surface area (Å²) in [7, 11) is -3.58. The quantitative estimate of drug-likeness (QED) is 0.130. The number of aromatic nitrogens is 1. The Bertz CT molecular complexity index is 3330. The first-order chi connectivity index (χ1) is 32.5. The van der Waals surface area contributed by atoms with Gasteiger partial charge in [-0.05, 0) is 144 Å². The molecule has 11 rings (SSSR count). The molecule has 316 valence electrons. The zero-order valence-electron chi connectivity index (χ0n) is 35.9. The third kappa shape index (κ3) is 7.59. The summed E-state index contributed by atoms with van der Waals surface area (Å²) in [6.07, 6.45) is 0. The fraction of sp³-hybridized carbons (Fsp3) is 0. The van der Waals surface area contributed by atoms with Gasteiger partial charge in [-0.25, -0.2) is 8.42 Å². The minimum atomic E-state index is -3.58. The van der Waals surface area contributed by atoms with Crippen molar-refractivity contribution in [1.29, 1.82) is 0 Å². The first-order valence-electron chi connectivity index (χ1n) is 22.0. The van der Waals surface area contributed by atoms with E-state index >= 15 is 0 Å². The Morgan fingerprint density at radius 2 is 0.591 bits per heavy atom. The highest BCUT2D eigenvalue weighted by Crippen LogP contribution is 2.43. The van der Waals surface area contributed by atoms with Crippen LogP contribution >= 0.6 is 0 Å². The maximum absolute atomic E-state index is 13.2. The van der Waals surface area contributed by atoms with Crippen molar-refractivity contribution >= 4 is 65.8 Å². The van der Waals surface area contributed by atoms with E-state index < -0.39 is 9.84 Å². The normalized spacial score (nSPS) is 11.5. The van der Waals surface area contributed by atoms with Crippen LogP contribution in [-0.2, 0) is 9.84 Å². The molecule has 10 aromatic carbocycles. The van der Waals surface area contributed by atoms with Crippen LogP contribution in [-0.4, -0.2) is 13.0 Å². The van der Waals surface area contributed by atoms with Gasteiger partial charge in [-0.3, -0.25) is 0 Å². The van der Waals surface area contributed by atoms with E-state index in [9.17, 15) is 8.42 Å². The first-order valence-corrected chi connectivity index (χ1v) is 23.5. The predicted octanol–water partition coefficient (Wildman–Crippen LogP) is 15.9. The zero-order valence-corrected chi connectivity index (χ0v) is 36.7. The molecule has 66 heavy (non-hydrogen) atoms. The van der Waals surface area contributed by atoms with Gasteiger partial charge < -0.3 is 14.4 Å². The van der Waals surface area contributed by atoms with Crippen molar-refractivity contribution < 1.29 is 8.42 Å². The molecule has 0 spiro atoms. The molecule has 0 radical (unpaired) electrons. The van der Waals surface area contributed by atoms with Crippen molar-refractivity contribution in [2.75, 3.05) is 9.80 Å². The smallest absolute Gasteiger partial charge is 0.206 e. The molecule has 5 nitrogen and oxygen atoms in total. The Morgan fingerprint density at radius 1 is 0.288 bits per heavy atom. The molecule has 0 unspecified atom stereocenters. The van der Waals surface area contributed by atoms with Crippen LogP contribution in [0.15, 0.2) is 271 Å². The molecule has 0 aliphatic rings. The predicted molar refractivity (Wildman–Crippen MR) is 273 cm³/mol. The molecule has 0 saturated heterocycles. The third-order valence-corrected chi connectivity index (χ3v) is 14.0. The van der Waals surface area contributed by atoms with Crippen molar-refractivity contribution in [1.82, 2.24) is 4.57 Å². The van der Waals surface area contributed by atoms with Gasteiger partial charge in [0, 0.05) is 50.6 Å². The van der Waals surface area contributed by atoms with Crippen LogP contribution in [0.1, 0.15) is 0 Å². The van der Waals surface area contributed by atoms with Crippen molar-refractivity contribution in [3.63, 3.8) is 0 Å². The number of hydrogen-bond acceptors (Lipinski definition) is 4. The summed E-state index contributed by atoms with van der Waals surface area (Å²) in [6.45, 7) is 0. The number of anilines is 6. The number of nitrogens with zero attached hydrogens (tertiary/aromatic N) is 3. The summed E-state index contributed by atoms with van der Waals surface area (Å²) in [6, 6.07) is 88.7. The molecule has 0 atom stereocenters. The van der Waals surface area contributed by atoms with E-state index in [0.717, 1.165) is 83.9 Å². The molecule has 6 heteroatoms. The van der Waals surface area contributed by atoms with Gasteiger partial charge in [0.25, 0.3) is 0 Å². The summed E-state index contributed by atoms with van der Waals surface area (Å²) < 4.78 is 28.7. The molecule has 0 amide bonds. The van der Waals surface area contributed by atoms with Crippen molar-refractivity contribution in [2.45, 2.75) is 9.79 Å². The summed E-state index contributed by atoms with van der Waals surface area (Å²) in [5.74, 6) is 0. The van der Waals surface area contributed by atoms with Gasteiger partial charge in [0.05, 0.1) is 20.8 Å². The molecule has 0 fully saturated rings. The Morgan fingerprint density at radius 3 is 0.955 bits per heavy atom. The maximum Gasteiger partial charge on any atom is 0.206 e. The van der Waals surface area contributed by atoms with Gasteiger partial charge in [0.15, 0.2) is 0 Å². The van der Waals surface area contributed by atoms with Crippen molar-refractivity contribution in [3.05, 3.63) is 261 Å². The van der Waals surface area contributed by atoms with E-state index in [0.29, 0.717) is 0 Å². The topological polar surface area (TPSA) is 45.6 Å². The lowest BCUT2D eigenvalue weighted by atomic mass is 10.0. The van der Waals surface area contributed by atoms with Gasteiger partial charge in [0.1, 0.15) is 0 Å². The van der Waals surface area contributed by atoms with Gasteiger partial charge >= 0.3 is 0 Å². The van der Waals surface area contributed by atoms with Crippen LogP contribution in [0.4, 0.5) is 34.1 Å². The van der Waals surface area contributed by atoms with Gasteiger partial charge in [-0.1, -0.05) is 140 Å². The SMILES string of the molecule is O=S(=O)(c1ccccc1)c1ccc(-c2ccc(-c3ccc(-n4c5ccc(N(c6ccccc6)c6ccccc6)cc5c5cc(N(c6ccccc6)c6ccccc6)ccc54)cc3)cc2)cc1. The summed E-state index contributed by atoms with van der Waals surface area (Å²) in [4.78, 5) is 5.20. The lowest BCUT2D eigenvalue weighted by Gasteiger charge is -2.26. The van der Waals surface area contributed by atoms with Crippen LogP contribution in [0.2, 0.25) is 0 Å². The largest absolute Gasteiger partial charge is 0.310 e. The molecular weight excluding hydrogens is 827 g/mol. The monoisotopic (exact) mass is 869 g/mol. The van der Waals surface area contributed by atoms with E-state index in [1.807, 2.05) is 18.2 Å². The fourth-order valence-corrected chi connectivity index (χ4v) is 10.3. The molecule has 0 aliphatic carbocycles. The molecule has 0 aliphatic heterocycles. The highest BCUT2D eigenvalue weighted by atomic mass is 32.2. The Labute approximate surface area is 385 Å². The number of rotatable bonds is 11. The average Bonchev–Trinajstić information content (AvgIpc) is 3.71. The number of sulfone groups is 1. The molecule has 0 bridgehead atoms. The molecule has 11 aromatic rings. The van der Waals surface area contributed by atoms with Gasteiger partial charge in [-0.15, -0.1) is 0 Å². The van der Waals surface area contributed by atoms with E-state index in [1.54, 1.807) is 36.4 Å². The second-order valence-electron chi connectivity index (χ2n) is 16.2. The number of para-hydroxylation sites is 4. The fourth-order valence-electron chi connectivity index (χ4n) is 8.98. The minimum Gasteiger partial charge on any atom is -0.310 e. The van der Waals surface area contributed by atoms with Crippen LogP contribution < -0.4 is 9.80 Å². The van der Waals surface area contributed by atoms with Crippen LogP contribution in [0.25, 0.3) is 49.7 Å². The highest BCUT2D eigenvalue weighted by molar-refractivity contribution is 7.91. The molecular formula is C60H43N3O2S. The highest BCUT2D eigenvalue weighted by Gasteiger charge is 2.21. The second-order valence-corrected chi connectivity index (χ2v) is 18.2. The van der Waals surface area contributed by atoms with Crippen LogP contribution in [0.5, 0.6) is 0 Å². The number of hydrogen-bond donors (Lipinski definition) is 0. The summed E-state index contributed by atoms with van der Waals surface area (Å²) in [5, 5.41) is 2.29. The van der Waals surface area contributed by atoms with Crippen LogP contribution in [0, 0.1) is 0 Å². The zero-order chi connectivity index (χ0) is 44.5. The first kappa shape index (κ1) is 40.3. The van der Waals surface area contributed by atoms with E-state index in [-0.39, 0.29) is 9.79 Å². The average molecular weight is 870 g/mol. The lowest BCUT2D eigenvalue weighted by molar-refractivity contribution is 0.596. The van der Waals surface area contributed by atoms with Gasteiger partial charge in [-0.2, -0.15) is 0 Å². The third-order valence-electron chi connectivity index (χ3n) is 12.2. The van der Waals surface area contributed by atoms with Gasteiger partial charge in [0.2, 0.25) is 9.84 Å². The Balaban J connectivity index is 0.985. The van der Waals surface area contributed by atoms with Crippen molar-refractivity contribution in [3.8, 4) is 27.9 Å². The van der Waals surface area contributed by atoms with Crippen molar-refractivity contribution in [2.24, 2.45) is 0 Å². The number of benzene rings is 10. The summed E-state index contributed by atoms with van der Waals surface area (Å²) in [5.41, 5.74) is 13.9.